The zero-order chi connectivity index (χ0) is 15.0. The largest absolute Gasteiger partial charge is 0.388 e. The second-order valence-electron chi connectivity index (χ2n) is 4.70. The summed E-state index contributed by atoms with van der Waals surface area (Å²) in [6, 6.07) is 5.02. The highest BCUT2D eigenvalue weighted by Gasteiger charge is 2.29. The number of sulfonamides is 1. The standard InChI is InChI=1S/C13H13N3O2S3/c14-13(19)11-2-1-10(7-15-11)21(17,18)16-5-3-12-9(8-16)4-6-20-12/h1-2,4,6-7H,3,5,8H2,(H2,14,19). The highest BCUT2D eigenvalue weighted by molar-refractivity contribution is 7.89. The molecule has 5 nitrogen and oxygen atoms in total. The lowest BCUT2D eigenvalue weighted by Gasteiger charge is -2.26. The number of pyridine rings is 1. The van der Waals surface area contributed by atoms with Crippen molar-refractivity contribution in [1.82, 2.24) is 9.29 Å². The van der Waals surface area contributed by atoms with Crippen LogP contribution in [0.25, 0.3) is 0 Å². The van der Waals surface area contributed by atoms with Crippen molar-refractivity contribution >= 4 is 38.6 Å². The second-order valence-corrected chi connectivity index (χ2v) is 8.08. The maximum absolute atomic E-state index is 12.6. The van der Waals surface area contributed by atoms with E-state index in [4.69, 9.17) is 18.0 Å². The molecule has 1 aliphatic heterocycles. The van der Waals surface area contributed by atoms with Crippen molar-refractivity contribution in [2.75, 3.05) is 6.54 Å². The maximum atomic E-state index is 12.6. The number of thiocarbonyl (C=S) groups is 1. The molecule has 0 saturated carbocycles. The lowest BCUT2D eigenvalue weighted by Crippen LogP contribution is -2.35. The molecule has 0 aliphatic carbocycles. The molecule has 2 N–H and O–H groups in total. The van der Waals surface area contributed by atoms with E-state index in [0.717, 1.165) is 12.0 Å². The Kier molecular flexibility index (Phi) is 3.78. The SMILES string of the molecule is NC(=S)c1ccc(S(=O)(=O)N2CCc3sccc3C2)cn1. The fourth-order valence-electron chi connectivity index (χ4n) is 2.26. The van der Waals surface area contributed by atoms with Gasteiger partial charge in [0.1, 0.15) is 9.88 Å². The van der Waals surface area contributed by atoms with Gasteiger partial charge in [0.15, 0.2) is 0 Å². The Labute approximate surface area is 132 Å². The second kappa shape index (κ2) is 5.45. The van der Waals surface area contributed by atoms with Gasteiger partial charge in [-0.15, -0.1) is 11.3 Å². The van der Waals surface area contributed by atoms with Gasteiger partial charge >= 0.3 is 0 Å². The Morgan fingerprint density at radius 2 is 2.19 bits per heavy atom. The summed E-state index contributed by atoms with van der Waals surface area (Å²) in [5.74, 6) is 0. The molecule has 8 heteroatoms. The normalized spacial score (nSPS) is 15.6. The minimum absolute atomic E-state index is 0.153. The Hall–Kier alpha value is -1.35. The molecule has 0 spiro atoms. The van der Waals surface area contributed by atoms with Gasteiger partial charge in [0.05, 0.1) is 5.69 Å². The molecule has 2 aromatic heterocycles. The summed E-state index contributed by atoms with van der Waals surface area (Å²) in [7, 11) is -3.53. The van der Waals surface area contributed by atoms with Crippen molar-refractivity contribution < 1.29 is 8.42 Å². The molecule has 3 heterocycles. The molecule has 3 rings (SSSR count). The predicted octanol–water partition coefficient (Wildman–Crippen LogP) is 1.52. The van der Waals surface area contributed by atoms with Crippen LogP contribution in [0, 0.1) is 0 Å². The first-order chi connectivity index (χ1) is 9.98. The molecule has 0 unspecified atom stereocenters. The zero-order valence-corrected chi connectivity index (χ0v) is 13.5. The van der Waals surface area contributed by atoms with Crippen molar-refractivity contribution in [2.24, 2.45) is 5.73 Å². The predicted molar refractivity (Wildman–Crippen MR) is 85.7 cm³/mol. The molecule has 2 aromatic rings. The van der Waals surface area contributed by atoms with Gasteiger partial charge in [-0.2, -0.15) is 4.31 Å². The number of nitrogens with two attached hydrogens (primary N) is 1. The fraction of sp³-hybridized carbons (Fsp3) is 0.231. The van der Waals surface area contributed by atoms with Gasteiger partial charge in [-0.1, -0.05) is 12.2 Å². The van der Waals surface area contributed by atoms with E-state index in [1.54, 1.807) is 11.3 Å². The first-order valence-corrected chi connectivity index (χ1v) is 9.02. The van der Waals surface area contributed by atoms with E-state index in [2.05, 4.69) is 4.98 Å². The van der Waals surface area contributed by atoms with Gasteiger partial charge in [-0.25, -0.2) is 8.42 Å². The van der Waals surface area contributed by atoms with Crippen LogP contribution in [0.5, 0.6) is 0 Å². The molecule has 21 heavy (non-hydrogen) atoms. The van der Waals surface area contributed by atoms with Gasteiger partial charge in [0.2, 0.25) is 10.0 Å². The van der Waals surface area contributed by atoms with E-state index in [0.29, 0.717) is 18.8 Å². The van der Waals surface area contributed by atoms with E-state index in [1.807, 2.05) is 11.4 Å². The average molecular weight is 339 g/mol. The maximum Gasteiger partial charge on any atom is 0.244 e. The number of fused-ring (bicyclic) bond motifs is 1. The number of thiophene rings is 1. The fourth-order valence-corrected chi connectivity index (χ4v) is 4.63. The van der Waals surface area contributed by atoms with Crippen molar-refractivity contribution in [3.8, 4) is 0 Å². The van der Waals surface area contributed by atoms with E-state index in [1.165, 1.54) is 27.5 Å². The molecular weight excluding hydrogens is 326 g/mol. The summed E-state index contributed by atoms with van der Waals surface area (Å²) in [5, 5.41) is 2.00. The molecule has 1 aliphatic rings. The molecule has 0 saturated heterocycles. The topological polar surface area (TPSA) is 76.3 Å². The molecule has 0 amide bonds. The van der Waals surface area contributed by atoms with E-state index in [9.17, 15) is 8.42 Å². The Morgan fingerprint density at radius 3 is 2.86 bits per heavy atom. The van der Waals surface area contributed by atoms with Crippen LogP contribution in [0.4, 0.5) is 0 Å². The molecule has 0 aromatic carbocycles. The van der Waals surface area contributed by atoms with Crippen molar-refractivity contribution in [1.29, 1.82) is 0 Å². The van der Waals surface area contributed by atoms with Crippen molar-refractivity contribution in [3.05, 3.63) is 45.9 Å². The van der Waals surface area contributed by atoms with Crippen molar-refractivity contribution in [3.63, 3.8) is 0 Å². The third-order valence-electron chi connectivity index (χ3n) is 3.40. The number of aromatic nitrogens is 1. The van der Waals surface area contributed by atoms with Crippen LogP contribution in [-0.2, 0) is 23.0 Å². The molecular formula is C13H13N3O2S3. The Bertz CT molecular complexity index is 781. The van der Waals surface area contributed by atoms with E-state index in [-0.39, 0.29) is 9.88 Å². The van der Waals surface area contributed by atoms with Gasteiger partial charge in [-0.05, 0) is 35.6 Å². The Morgan fingerprint density at radius 1 is 1.38 bits per heavy atom. The van der Waals surface area contributed by atoms with Crippen LogP contribution >= 0.6 is 23.6 Å². The zero-order valence-electron chi connectivity index (χ0n) is 11.0. The molecule has 0 bridgehead atoms. The average Bonchev–Trinajstić information content (AvgIpc) is 2.94. The minimum Gasteiger partial charge on any atom is -0.388 e. The molecule has 0 atom stereocenters. The lowest BCUT2D eigenvalue weighted by molar-refractivity contribution is 0.394. The minimum atomic E-state index is -3.53. The van der Waals surface area contributed by atoms with Crippen LogP contribution in [0.2, 0.25) is 0 Å². The number of hydrogen-bond acceptors (Lipinski definition) is 5. The smallest absolute Gasteiger partial charge is 0.244 e. The summed E-state index contributed by atoms with van der Waals surface area (Å²) >= 11 is 6.49. The molecule has 0 radical (unpaired) electrons. The van der Waals surface area contributed by atoms with Crippen LogP contribution < -0.4 is 5.73 Å². The van der Waals surface area contributed by atoms with Crippen molar-refractivity contribution in [2.45, 2.75) is 17.9 Å². The summed E-state index contributed by atoms with van der Waals surface area (Å²) in [4.78, 5) is 5.59. The quantitative estimate of drug-likeness (QED) is 0.858. The van der Waals surface area contributed by atoms with E-state index >= 15 is 0 Å². The first-order valence-electron chi connectivity index (χ1n) is 6.30. The third kappa shape index (κ3) is 2.71. The molecule has 0 fully saturated rings. The number of hydrogen-bond donors (Lipinski definition) is 1. The summed E-state index contributed by atoms with van der Waals surface area (Å²) in [5.41, 5.74) is 6.97. The van der Waals surface area contributed by atoms with Gasteiger partial charge in [0.25, 0.3) is 0 Å². The Balaban J connectivity index is 1.89. The van der Waals surface area contributed by atoms with Crippen LogP contribution in [-0.4, -0.2) is 29.2 Å². The lowest BCUT2D eigenvalue weighted by atomic mass is 10.1. The monoisotopic (exact) mass is 339 g/mol. The summed E-state index contributed by atoms with van der Waals surface area (Å²) in [6.07, 6.45) is 2.07. The highest BCUT2D eigenvalue weighted by Crippen LogP contribution is 2.27. The third-order valence-corrected chi connectivity index (χ3v) is 6.46. The van der Waals surface area contributed by atoms with Gasteiger partial charge < -0.3 is 5.73 Å². The van der Waals surface area contributed by atoms with E-state index < -0.39 is 10.0 Å². The van der Waals surface area contributed by atoms with Crippen LogP contribution in [0.3, 0.4) is 0 Å². The highest BCUT2D eigenvalue weighted by atomic mass is 32.2. The first kappa shape index (κ1) is 14.6. The molecule has 110 valence electrons. The van der Waals surface area contributed by atoms with Crippen LogP contribution in [0.15, 0.2) is 34.7 Å². The van der Waals surface area contributed by atoms with Gasteiger partial charge in [0, 0.05) is 24.2 Å². The van der Waals surface area contributed by atoms with Crippen LogP contribution in [0.1, 0.15) is 16.1 Å². The number of rotatable bonds is 3. The number of nitrogens with zero attached hydrogens (tertiary/aromatic N) is 2. The summed E-state index contributed by atoms with van der Waals surface area (Å²) in [6.45, 7) is 0.908. The van der Waals surface area contributed by atoms with Gasteiger partial charge in [-0.3, -0.25) is 4.98 Å². The summed E-state index contributed by atoms with van der Waals surface area (Å²) < 4.78 is 26.7.